The van der Waals surface area contributed by atoms with Crippen LogP contribution in [0.5, 0.6) is 0 Å². The average molecular weight is 246 g/mol. The van der Waals surface area contributed by atoms with E-state index >= 15 is 0 Å². The molecule has 0 unspecified atom stereocenters. The molecule has 0 spiro atoms. The molecule has 18 heavy (non-hydrogen) atoms. The van der Waals surface area contributed by atoms with E-state index < -0.39 is 0 Å². The number of anilines is 2. The fourth-order valence-electron chi connectivity index (χ4n) is 2.66. The Morgan fingerprint density at radius 2 is 1.61 bits per heavy atom. The van der Waals surface area contributed by atoms with Crippen molar-refractivity contribution in [1.82, 2.24) is 0 Å². The van der Waals surface area contributed by atoms with E-state index in [1.165, 1.54) is 11.4 Å². The van der Waals surface area contributed by atoms with Gasteiger partial charge in [-0.3, -0.25) is 0 Å². The molecule has 2 rings (SSSR count). The second kappa shape index (κ2) is 4.83. The number of benzene rings is 1. The van der Waals surface area contributed by atoms with Crippen LogP contribution in [-0.2, 0) is 0 Å². The minimum absolute atomic E-state index is 0.334. The highest BCUT2D eigenvalue weighted by Gasteiger charge is 2.28. The lowest BCUT2D eigenvalue weighted by atomic mass is 9.96. The van der Waals surface area contributed by atoms with Crippen molar-refractivity contribution >= 4 is 11.4 Å². The molecule has 1 aliphatic heterocycles. The molecule has 0 N–H and O–H groups in total. The maximum Gasteiger partial charge on any atom is 0.0904 e. The fraction of sp³-hybridized carbons (Fsp3) is 0.625. The summed E-state index contributed by atoms with van der Waals surface area (Å²) in [7, 11) is 0. The van der Waals surface area contributed by atoms with E-state index in [4.69, 9.17) is 0 Å². The Labute approximate surface area is 112 Å². The molecule has 100 valence electrons. The molecule has 0 saturated heterocycles. The largest absolute Gasteiger partial charge is 0.352 e. The third kappa shape index (κ3) is 2.98. The van der Waals surface area contributed by atoms with Crippen LogP contribution in [0.25, 0.3) is 0 Å². The first-order chi connectivity index (χ1) is 8.37. The zero-order valence-electron chi connectivity index (χ0n) is 12.4. The van der Waals surface area contributed by atoms with Crippen LogP contribution in [0.3, 0.4) is 0 Å². The van der Waals surface area contributed by atoms with Gasteiger partial charge in [0, 0.05) is 13.1 Å². The maximum atomic E-state index is 2.51. The summed E-state index contributed by atoms with van der Waals surface area (Å²) in [4.78, 5) is 5.02. The van der Waals surface area contributed by atoms with Crippen LogP contribution in [0.4, 0.5) is 11.4 Å². The van der Waals surface area contributed by atoms with Gasteiger partial charge in [-0.15, -0.1) is 0 Å². The minimum atomic E-state index is 0.334. The van der Waals surface area contributed by atoms with Gasteiger partial charge < -0.3 is 9.80 Å². The molecule has 0 fully saturated rings. The standard InChI is InChI=1S/C16H26N2/c1-13(2)10-17-12-18(11-16(3,4)5)15-9-7-6-8-14(15)17/h6-9,13H,10-12H2,1-5H3. The van der Waals surface area contributed by atoms with Crippen LogP contribution >= 0.6 is 0 Å². The number of hydrogen-bond acceptors (Lipinski definition) is 2. The van der Waals surface area contributed by atoms with Crippen LogP contribution in [-0.4, -0.2) is 19.8 Å². The van der Waals surface area contributed by atoms with Gasteiger partial charge in [-0.05, 0) is 23.5 Å². The van der Waals surface area contributed by atoms with Crippen LogP contribution in [0.2, 0.25) is 0 Å². The van der Waals surface area contributed by atoms with E-state index in [-0.39, 0.29) is 0 Å². The normalized spacial score (nSPS) is 15.4. The quantitative estimate of drug-likeness (QED) is 0.796. The Bertz CT molecular complexity index is 404. The Morgan fingerprint density at radius 3 is 2.11 bits per heavy atom. The highest BCUT2D eigenvalue weighted by molar-refractivity contribution is 5.76. The molecule has 0 radical (unpaired) electrons. The molecular formula is C16H26N2. The minimum Gasteiger partial charge on any atom is -0.352 e. The summed E-state index contributed by atoms with van der Waals surface area (Å²) in [6.07, 6.45) is 0. The predicted molar refractivity (Wildman–Crippen MR) is 80.3 cm³/mol. The second-order valence-corrected chi connectivity index (χ2v) is 7.00. The van der Waals surface area contributed by atoms with E-state index in [1.54, 1.807) is 0 Å². The van der Waals surface area contributed by atoms with Crippen LogP contribution in [0.15, 0.2) is 24.3 Å². The van der Waals surface area contributed by atoms with Gasteiger partial charge in [0.15, 0.2) is 0 Å². The summed E-state index contributed by atoms with van der Waals surface area (Å²) in [5.74, 6) is 0.702. The first-order valence-electron chi connectivity index (χ1n) is 6.96. The third-order valence-electron chi connectivity index (χ3n) is 3.16. The van der Waals surface area contributed by atoms with Gasteiger partial charge in [-0.25, -0.2) is 0 Å². The SMILES string of the molecule is CC(C)CN1CN(CC(C)(C)C)c2ccccc21. The van der Waals surface area contributed by atoms with Gasteiger partial charge in [0.05, 0.1) is 18.0 Å². The van der Waals surface area contributed by atoms with Crippen LogP contribution < -0.4 is 9.80 Å². The number of hydrogen-bond donors (Lipinski definition) is 0. The molecule has 0 bridgehead atoms. The van der Waals surface area contributed by atoms with Gasteiger partial charge in [-0.2, -0.15) is 0 Å². The Hall–Kier alpha value is -1.18. The van der Waals surface area contributed by atoms with Crippen molar-refractivity contribution in [3.63, 3.8) is 0 Å². The maximum absolute atomic E-state index is 2.51. The molecule has 0 aromatic heterocycles. The highest BCUT2D eigenvalue weighted by Crippen LogP contribution is 2.37. The van der Waals surface area contributed by atoms with Crippen LogP contribution in [0, 0.1) is 11.3 Å². The second-order valence-electron chi connectivity index (χ2n) is 7.00. The van der Waals surface area contributed by atoms with Gasteiger partial charge in [0.25, 0.3) is 0 Å². The van der Waals surface area contributed by atoms with Crippen molar-refractivity contribution in [3.8, 4) is 0 Å². The summed E-state index contributed by atoms with van der Waals surface area (Å²) < 4.78 is 0. The number of fused-ring (bicyclic) bond motifs is 1. The smallest absolute Gasteiger partial charge is 0.0904 e. The molecule has 2 nitrogen and oxygen atoms in total. The Balaban J connectivity index is 2.22. The first kappa shape index (κ1) is 13.3. The van der Waals surface area contributed by atoms with Crippen molar-refractivity contribution < 1.29 is 0 Å². The summed E-state index contributed by atoms with van der Waals surface area (Å²) in [5, 5.41) is 0. The topological polar surface area (TPSA) is 6.48 Å². The summed E-state index contributed by atoms with van der Waals surface area (Å²) in [6.45, 7) is 14.8. The van der Waals surface area contributed by atoms with Gasteiger partial charge in [-0.1, -0.05) is 46.8 Å². The van der Waals surface area contributed by atoms with Gasteiger partial charge in [0.2, 0.25) is 0 Å². The van der Waals surface area contributed by atoms with E-state index in [2.05, 4.69) is 68.7 Å². The lowest BCUT2D eigenvalue weighted by Crippen LogP contribution is -2.37. The zero-order chi connectivity index (χ0) is 13.3. The summed E-state index contributed by atoms with van der Waals surface area (Å²) in [6, 6.07) is 8.79. The first-order valence-corrected chi connectivity index (χ1v) is 6.96. The monoisotopic (exact) mass is 246 g/mol. The lowest BCUT2D eigenvalue weighted by molar-refractivity contribution is 0.411. The number of nitrogens with zero attached hydrogens (tertiary/aromatic N) is 2. The van der Waals surface area contributed by atoms with Crippen molar-refractivity contribution in [1.29, 1.82) is 0 Å². The van der Waals surface area contributed by atoms with Crippen molar-refractivity contribution in [2.45, 2.75) is 34.6 Å². The van der Waals surface area contributed by atoms with Crippen molar-refractivity contribution in [2.24, 2.45) is 11.3 Å². The summed E-state index contributed by atoms with van der Waals surface area (Å²) in [5.41, 5.74) is 3.13. The molecular weight excluding hydrogens is 220 g/mol. The van der Waals surface area contributed by atoms with E-state index in [9.17, 15) is 0 Å². The number of para-hydroxylation sites is 2. The number of rotatable bonds is 3. The van der Waals surface area contributed by atoms with Crippen molar-refractivity contribution in [3.05, 3.63) is 24.3 Å². The predicted octanol–water partition coefficient (Wildman–Crippen LogP) is 3.97. The zero-order valence-corrected chi connectivity index (χ0v) is 12.4. The molecule has 0 atom stereocenters. The molecule has 1 aromatic carbocycles. The molecule has 1 aliphatic rings. The van der Waals surface area contributed by atoms with E-state index in [1.807, 2.05) is 0 Å². The molecule has 0 saturated carbocycles. The Kier molecular flexibility index (Phi) is 3.56. The van der Waals surface area contributed by atoms with E-state index in [0.717, 1.165) is 19.8 Å². The van der Waals surface area contributed by atoms with Gasteiger partial charge in [0.1, 0.15) is 0 Å². The van der Waals surface area contributed by atoms with Crippen molar-refractivity contribution in [2.75, 3.05) is 29.6 Å². The molecule has 2 heteroatoms. The van der Waals surface area contributed by atoms with Gasteiger partial charge >= 0.3 is 0 Å². The summed E-state index contributed by atoms with van der Waals surface area (Å²) >= 11 is 0. The molecule has 0 amide bonds. The van der Waals surface area contributed by atoms with E-state index in [0.29, 0.717) is 11.3 Å². The Morgan fingerprint density at radius 1 is 1.06 bits per heavy atom. The fourth-order valence-corrected chi connectivity index (χ4v) is 2.66. The molecule has 1 aromatic rings. The third-order valence-corrected chi connectivity index (χ3v) is 3.16. The van der Waals surface area contributed by atoms with Crippen LogP contribution in [0.1, 0.15) is 34.6 Å². The molecule has 0 aliphatic carbocycles. The highest BCUT2D eigenvalue weighted by atomic mass is 15.4. The average Bonchev–Trinajstić information content (AvgIpc) is 2.54. The lowest BCUT2D eigenvalue weighted by Gasteiger charge is -2.29. The molecule has 1 heterocycles.